The second kappa shape index (κ2) is 7.75. The number of nitrogens with zero attached hydrogens (tertiary/aromatic N) is 1. The van der Waals surface area contributed by atoms with Crippen molar-refractivity contribution in [1.29, 1.82) is 0 Å². The molecule has 27 heavy (non-hydrogen) atoms. The van der Waals surface area contributed by atoms with Crippen LogP contribution in [-0.2, 0) is 32.7 Å². The van der Waals surface area contributed by atoms with E-state index in [2.05, 4.69) is 11.4 Å². The number of nitrogens with one attached hydrogen (secondary N) is 1. The fourth-order valence-electron chi connectivity index (χ4n) is 3.31. The maximum Gasteiger partial charge on any atom is 3.00 e. The van der Waals surface area contributed by atoms with Gasteiger partial charge >= 0.3 is 32.7 Å². The quantitative estimate of drug-likeness (QED) is 0.498. The summed E-state index contributed by atoms with van der Waals surface area (Å²) in [6, 6.07) is 21.0. The Labute approximate surface area is 183 Å². The third-order valence-electron chi connectivity index (χ3n) is 4.53. The first kappa shape index (κ1) is 19.5. The van der Waals surface area contributed by atoms with Crippen LogP contribution in [0.5, 0.6) is 0 Å². The summed E-state index contributed by atoms with van der Waals surface area (Å²) in [6.45, 7) is 0. The van der Waals surface area contributed by atoms with E-state index in [0.717, 1.165) is 11.4 Å². The Morgan fingerprint density at radius 1 is 0.815 bits per heavy atom. The minimum atomic E-state index is -0.135. The van der Waals surface area contributed by atoms with Crippen molar-refractivity contribution in [2.75, 3.05) is 24.3 Å². The predicted molar refractivity (Wildman–Crippen MR) is 103 cm³/mol. The van der Waals surface area contributed by atoms with Crippen molar-refractivity contribution < 1.29 is 42.3 Å². The summed E-state index contributed by atoms with van der Waals surface area (Å²) >= 11 is 0. The van der Waals surface area contributed by atoms with Crippen LogP contribution in [-0.4, -0.2) is 25.7 Å². The molecule has 1 aliphatic carbocycles. The second-order valence-electron chi connectivity index (χ2n) is 6.39. The Hall–Kier alpha value is -2.30. The molecule has 1 aliphatic rings. The fourth-order valence-corrected chi connectivity index (χ4v) is 3.31. The number of carbonyl (C=O) groups excluding carboxylic acids is 2. The number of hydrogen-bond donors (Lipinski definition) is 1. The van der Waals surface area contributed by atoms with Crippen LogP contribution in [0.3, 0.4) is 0 Å². The molecule has 5 heteroatoms. The Bertz CT molecular complexity index is 1030. The molecule has 0 fully saturated rings. The van der Waals surface area contributed by atoms with Gasteiger partial charge in [-0.1, -0.05) is 30.0 Å². The first-order valence-electron chi connectivity index (χ1n) is 8.34. The Morgan fingerprint density at radius 3 is 2.00 bits per heavy atom. The third-order valence-corrected chi connectivity index (χ3v) is 4.53. The minimum Gasteiger partial charge on any atom is -0.378 e. The zero-order valence-corrected chi connectivity index (χ0v) is 18.0. The van der Waals surface area contributed by atoms with Gasteiger partial charge in [-0.3, -0.25) is 9.59 Å². The Kier molecular flexibility index (Phi) is 5.59. The van der Waals surface area contributed by atoms with Gasteiger partial charge in [0.25, 0.3) is 0 Å². The molecule has 3 aromatic rings. The average Bonchev–Trinajstić information content (AvgIpc) is 2.66. The average molecular weight is 430 g/mol. The third kappa shape index (κ3) is 3.35. The molecule has 0 radical (unpaired) electrons. The monoisotopic (exact) mass is 430 g/mol. The van der Waals surface area contributed by atoms with Gasteiger partial charge in [-0.15, -0.1) is 12.1 Å². The number of anilines is 3. The normalized spacial score (nSPS) is 11.9. The topological polar surface area (TPSA) is 49.4 Å². The molecule has 0 heterocycles. The zero-order chi connectivity index (χ0) is 18.3. The van der Waals surface area contributed by atoms with Crippen LogP contribution in [0.15, 0.2) is 60.7 Å². The molecule has 0 spiro atoms. The SMILES string of the molecule is CN(C)c1ccc(Nc2cc[c-]cc2)c2c1C(=O)c1ccccc1C2=O.[Y+3]. The van der Waals surface area contributed by atoms with Crippen LogP contribution in [0.1, 0.15) is 31.8 Å². The fraction of sp³-hybridized carbons (Fsp3) is 0.0909. The van der Waals surface area contributed by atoms with Crippen molar-refractivity contribution in [3.8, 4) is 0 Å². The molecule has 0 aromatic heterocycles. The van der Waals surface area contributed by atoms with Crippen LogP contribution in [0, 0.1) is 6.07 Å². The number of hydrogen-bond acceptors (Lipinski definition) is 4. The van der Waals surface area contributed by atoms with Crippen molar-refractivity contribution >= 4 is 28.6 Å². The molecule has 3 aromatic carbocycles. The minimum absolute atomic E-state index is 0. The van der Waals surface area contributed by atoms with Crippen LogP contribution in [0.2, 0.25) is 0 Å². The molecule has 0 aliphatic heterocycles. The molecular weight excluding hydrogens is 413 g/mol. The molecular formula is C22H17N2O2Y+2. The molecule has 4 rings (SSSR count). The Balaban J connectivity index is 0.00000210. The largest absolute Gasteiger partial charge is 3.00 e. The zero-order valence-electron chi connectivity index (χ0n) is 15.1. The van der Waals surface area contributed by atoms with Gasteiger partial charge in [-0.2, -0.15) is 18.2 Å². The number of rotatable bonds is 3. The van der Waals surface area contributed by atoms with Crippen LogP contribution in [0.25, 0.3) is 0 Å². The van der Waals surface area contributed by atoms with Crippen LogP contribution < -0.4 is 10.2 Å². The predicted octanol–water partition coefficient (Wildman–Crippen LogP) is 4.07. The van der Waals surface area contributed by atoms with Crippen molar-refractivity contribution in [3.63, 3.8) is 0 Å². The van der Waals surface area contributed by atoms with Crippen molar-refractivity contribution in [1.82, 2.24) is 0 Å². The van der Waals surface area contributed by atoms with E-state index in [1.807, 2.05) is 43.3 Å². The van der Waals surface area contributed by atoms with E-state index in [0.29, 0.717) is 27.9 Å². The second-order valence-corrected chi connectivity index (χ2v) is 6.39. The summed E-state index contributed by atoms with van der Waals surface area (Å²) in [5.74, 6) is -0.257. The first-order valence-corrected chi connectivity index (χ1v) is 8.34. The summed E-state index contributed by atoms with van der Waals surface area (Å²) in [7, 11) is 3.74. The number of benzene rings is 3. The summed E-state index contributed by atoms with van der Waals surface area (Å²) in [4.78, 5) is 28.3. The van der Waals surface area contributed by atoms with Crippen LogP contribution >= 0.6 is 0 Å². The number of carbonyl (C=O) groups is 2. The van der Waals surface area contributed by atoms with Crippen molar-refractivity contribution in [2.45, 2.75) is 0 Å². The molecule has 0 saturated carbocycles. The molecule has 0 atom stereocenters. The van der Waals surface area contributed by atoms with Crippen molar-refractivity contribution in [2.24, 2.45) is 0 Å². The van der Waals surface area contributed by atoms with Crippen LogP contribution in [0.4, 0.5) is 17.1 Å². The number of ketones is 2. The van der Waals surface area contributed by atoms with Crippen molar-refractivity contribution in [3.05, 3.63) is 89.0 Å². The van der Waals surface area contributed by atoms with E-state index in [9.17, 15) is 9.59 Å². The van der Waals surface area contributed by atoms with E-state index in [4.69, 9.17) is 0 Å². The van der Waals surface area contributed by atoms with E-state index in [1.54, 1.807) is 36.4 Å². The Morgan fingerprint density at radius 2 is 1.41 bits per heavy atom. The standard InChI is InChI=1S/C22H17N2O2.Y/c1-24(2)18-13-12-17(23-14-8-4-3-5-9-14)19-20(18)22(26)16-11-7-6-10-15(16)21(19)25;/h4-13,23H,1-2H3;/q-1;+3. The molecule has 0 saturated heterocycles. The van der Waals surface area contributed by atoms with E-state index >= 15 is 0 Å². The summed E-state index contributed by atoms with van der Waals surface area (Å²) in [5, 5.41) is 3.27. The van der Waals surface area contributed by atoms with Gasteiger partial charge in [-0.05, 0) is 12.1 Å². The van der Waals surface area contributed by atoms with E-state index in [1.165, 1.54) is 0 Å². The smallest absolute Gasteiger partial charge is 0.378 e. The maximum atomic E-state index is 13.2. The van der Waals surface area contributed by atoms with E-state index < -0.39 is 0 Å². The van der Waals surface area contributed by atoms with Gasteiger partial charge in [0.15, 0.2) is 11.6 Å². The molecule has 0 bridgehead atoms. The van der Waals surface area contributed by atoms with Gasteiger partial charge in [0, 0.05) is 36.6 Å². The molecule has 0 amide bonds. The molecule has 0 unspecified atom stereocenters. The van der Waals surface area contributed by atoms with Gasteiger partial charge < -0.3 is 10.2 Å². The molecule has 128 valence electrons. The first-order chi connectivity index (χ1) is 12.6. The summed E-state index contributed by atoms with van der Waals surface area (Å²) in [5.41, 5.74) is 3.98. The number of fused-ring (bicyclic) bond motifs is 2. The molecule has 1 N–H and O–H groups in total. The maximum absolute atomic E-state index is 13.2. The summed E-state index contributed by atoms with van der Waals surface area (Å²) < 4.78 is 0. The van der Waals surface area contributed by atoms with Gasteiger partial charge in [0.1, 0.15) is 0 Å². The summed E-state index contributed by atoms with van der Waals surface area (Å²) in [6.07, 6.45) is 0. The van der Waals surface area contributed by atoms with Gasteiger partial charge in [-0.25, -0.2) is 0 Å². The van der Waals surface area contributed by atoms with Gasteiger partial charge in [0.2, 0.25) is 0 Å². The van der Waals surface area contributed by atoms with E-state index in [-0.39, 0.29) is 44.3 Å². The molecule has 4 nitrogen and oxygen atoms in total. The van der Waals surface area contributed by atoms with Gasteiger partial charge in [0.05, 0.1) is 11.1 Å².